The van der Waals surface area contributed by atoms with Gasteiger partial charge < -0.3 is 4.90 Å². The Kier molecular flexibility index (Phi) is 6.56. The van der Waals surface area contributed by atoms with Crippen LogP contribution in [0.4, 0.5) is 17.1 Å². The van der Waals surface area contributed by atoms with Crippen LogP contribution >= 0.6 is 0 Å². The van der Waals surface area contributed by atoms with Crippen LogP contribution in [0.5, 0.6) is 0 Å². The molecule has 0 aromatic heterocycles. The van der Waals surface area contributed by atoms with Gasteiger partial charge in [0.05, 0.1) is 5.69 Å². The number of nitrogens with zero attached hydrogens (tertiary/aromatic N) is 1. The zero-order valence-corrected chi connectivity index (χ0v) is 24.3. The van der Waals surface area contributed by atoms with Gasteiger partial charge >= 0.3 is 0 Å². The van der Waals surface area contributed by atoms with Gasteiger partial charge in [-0.1, -0.05) is 126 Å². The van der Waals surface area contributed by atoms with Crippen LogP contribution in [0.15, 0.2) is 140 Å². The second kappa shape index (κ2) is 10.7. The number of benzene rings is 6. The highest BCUT2D eigenvalue weighted by Gasteiger charge is 2.28. The number of aryl methyl sites for hydroxylation is 3. The van der Waals surface area contributed by atoms with Gasteiger partial charge in [0.25, 0.3) is 0 Å². The van der Waals surface area contributed by atoms with Crippen LogP contribution < -0.4 is 4.90 Å². The molecule has 0 bridgehead atoms. The third-order valence-corrected chi connectivity index (χ3v) is 8.25. The number of anilines is 3. The highest BCUT2D eigenvalue weighted by atomic mass is 15.1. The molecule has 0 heterocycles. The van der Waals surface area contributed by atoms with Crippen molar-refractivity contribution in [3.63, 3.8) is 0 Å². The Hall–Kier alpha value is -5.14. The molecule has 0 unspecified atom stereocenters. The van der Waals surface area contributed by atoms with Gasteiger partial charge in [0.15, 0.2) is 0 Å². The lowest BCUT2D eigenvalue weighted by atomic mass is 9.79. The Morgan fingerprint density at radius 2 is 0.929 bits per heavy atom. The van der Waals surface area contributed by atoms with Crippen LogP contribution in [0.2, 0.25) is 0 Å². The average Bonchev–Trinajstić information content (AvgIpc) is 3.01. The smallest absolute Gasteiger partial charge is 0.0546 e. The second-order valence-corrected chi connectivity index (χ2v) is 11.3. The zero-order valence-electron chi connectivity index (χ0n) is 24.3. The van der Waals surface area contributed by atoms with Gasteiger partial charge in [-0.15, -0.1) is 0 Å². The number of hydrogen-bond acceptors (Lipinski definition) is 1. The molecule has 1 aliphatic rings. The molecule has 6 aromatic rings. The second-order valence-electron chi connectivity index (χ2n) is 11.3. The van der Waals surface area contributed by atoms with Gasteiger partial charge in [-0.05, 0) is 96.1 Å². The molecule has 1 nitrogen and oxygen atoms in total. The zero-order chi connectivity index (χ0) is 28.6. The van der Waals surface area contributed by atoms with Crippen LogP contribution in [0.1, 0.15) is 33.4 Å². The summed E-state index contributed by atoms with van der Waals surface area (Å²) in [5.74, 6) is 0. The summed E-state index contributed by atoms with van der Waals surface area (Å²) in [5.41, 5.74) is 17.4. The summed E-state index contributed by atoms with van der Waals surface area (Å²) in [5, 5.41) is 0. The van der Waals surface area contributed by atoms with Crippen LogP contribution in [0.3, 0.4) is 0 Å². The predicted octanol–water partition coefficient (Wildman–Crippen LogP) is 11.3. The fourth-order valence-corrected chi connectivity index (χ4v) is 5.91. The molecule has 0 N–H and O–H groups in total. The average molecular weight is 540 g/mol. The molecular weight excluding hydrogens is 506 g/mol. The van der Waals surface area contributed by atoms with E-state index in [1.807, 2.05) is 0 Å². The summed E-state index contributed by atoms with van der Waals surface area (Å²) in [7, 11) is 0. The van der Waals surface area contributed by atoms with Gasteiger partial charge in [0.1, 0.15) is 0 Å². The standard InChI is InChI=1S/C41H33N/c1-28-11-19-32(20-12-28)39(33-21-13-29(2)14-22-33)27-31-17-25-35(26-18-31)42(34-23-15-30(3)16-24-34)40-10-6-9-38-36-7-4-5-8-37(36)41(38)40/h4-27H,1-3H3. The minimum absolute atomic E-state index is 1.14. The van der Waals surface area contributed by atoms with E-state index >= 15 is 0 Å². The van der Waals surface area contributed by atoms with Crippen LogP contribution in [0.25, 0.3) is 33.9 Å². The summed E-state index contributed by atoms with van der Waals surface area (Å²) in [6, 6.07) is 50.8. The SMILES string of the molecule is Cc1ccc(C(=Cc2ccc(N(c3ccc(C)cc3)c3cccc4c3-c3ccccc3-4)cc2)c2ccc(C)cc2)cc1. The van der Waals surface area contributed by atoms with Crippen molar-refractivity contribution < 1.29 is 0 Å². The summed E-state index contributed by atoms with van der Waals surface area (Å²) < 4.78 is 0. The monoisotopic (exact) mass is 539 g/mol. The van der Waals surface area contributed by atoms with E-state index in [2.05, 4.69) is 171 Å². The molecule has 202 valence electrons. The molecular formula is C41H33N. The first kappa shape index (κ1) is 25.8. The van der Waals surface area contributed by atoms with Gasteiger partial charge in [0, 0.05) is 16.9 Å². The third-order valence-electron chi connectivity index (χ3n) is 8.25. The molecule has 1 aliphatic carbocycles. The predicted molar refractivity (Wildman–Crippen MR) is 180 cm³/mol. The first-order chi connectivity index (χ1) is 20.5. The molecule has 0 amide bonds. The van der Waals surface area contributed by atoms with Crippen LogP contribution in [-0.4, -0.2) is 0 Å². The highest BCUT2D eigenvalue weighted by molar-refractivity contribution is 6.09. The molecule has 0 saturated heterocycles. The minimum Gasteiger partial charge on any atom is -0.310 e. The van der Waals surface area contributed by atoms with Gasteiger partial charge in [0.2, 0.25) is 0 Å². The normalized spacial score (nSPS) is 11.2. The fraction of sp³-hybridized carbons (Fsp3) is 0.0732. The summed E-state index contributed by atoms with van der Waals surface area (Å²) in [6.07, 6.45) is 2.31. The molecule has 0 saturated carbocycles. The van der Waals surface area contributed by atoms with Crippen molar-refractivity contribution in [2.75, 3.05) is 4.90 Å². The van der Waals surface area contributed by atoms with Gasteiger partial charge in [-0.25, -0.2) is 0 Å². The van der Waals surface area contributed by atoms with Crippen molar-refractivity contribution in [1.29, 1.82) is 0 Å². The lowest BCUT2D eigenvalue weighted by molar-refractivity contribution is 1.27. The molecule has 0 fully saturated rings. The topological polar surface area (TPSA) is 3.24 Å². The first-order valence-corrected chi connectivity index (χ1v) is 14.6. The van der Waals surface area contributed by atoms with Crippen molar-refractivity contribution >= 4 is 28.7 Å². The minimum atomic E-state index is 1.14. The summed E-state index contributed by atoms with van der Waals surface area (Å²) in [6.45, 7) is 6.41. The van der Waals surface area contributed by atoms with E-state index in [9.17, 15) is 0 Å². The van der Waals surface area contributed by atoms with Crippen LogP contribution in [0, 0.1) is 20.8 Å². The molecule has 6 aromatic carbocycles. The van der Waals surface area contributed by atoms with Crippen molar-refractivity contribution in [2.24, 2.45) is 0 Å². The Labute approximate surface area is 249 Å². The lowest BCUT2D eigenvalue weighted by Crippen LogP contribution is -2.14. The summed E-state index contributed by atoms with van der Waals surface area (Å²) in [4.78, 5) is 2.39. The van der Waals surface area contributed by atoms with E-state index in [0.717, 1.165) is 11.4 Å². The van der Waals surface area contributed by atoms with Crippen molar-refractivity contribution in [1.82, 2.24) is 0 Å². The Bertz CT molecular complexity index is 1860. The van der Waals surface area contributed by atoms with E-state index in [0.29, 0.717) is 0 Å². The van der Waals surface area contributed by atoms with Crippen molar-refractivity contribution in [3.8, 4) is 22.3 Å². The van der Waals surface area contributed by atoms with E-state index in [1.54, 1.807) is 0 Å². The Morgan fingerprint density at radius 3 is 1.50 bits per heavy atom. The number of hydrogen-bond donors (Lipinski definition) is 0. The quantitative estimate of drug-likeness (QED) is 0.190. The van der Waals surface area contributed by atoms with E-state index in [-0.39, 0.29) is 0 Å². The maximum absolute atomic E-state index is 2.39. The third kappa shape index (κ3) is 4.74. The van der Waals surface area contributed by atoms with E-state index < -0.39 is 0 Å². The largest absolute Gasteiger partial charge is 0.310 e. The molecule has 0 spiro atoms. The highest BCUT2D eigenvalue weighted by Crippen LogP contribution is 2.54. The molecule has 0 radical (unpaired) electrons. The van der Waals surface area contributed by atoms with Gasteiger partial charge in [-0.2, -0.15) is 0 Å². The Morgan fingerprint density at radius 1 is 0.452 bits per heavy atom. The Balaban J connectivity index is 1.32. The molecule has 1 heteroatoms. The summed E-state index contributed by atoms with van der Waals surface area (Å²) >= 11 is 0. The maximum atomic E-state index is 2.39. The van der Waals surface area contributed by atoms with E-state index in [1.165, 1.54) is 66.9 Å². The molecule has 0 atom stereocenters. The fourth-order valence-electron chi connectivity index (χ4n) is 5.91. The van der Waals surface area contributed by atoms with E-state index in [4.69, 9.17) is 0 Å². The lowest BCUT2D eigenvalue weighted by Gasteiger charge is -2.33. The molecule has 42 heavy (non-hydrogen) atoms. The molecule has 7 rings (SSSR count). The molecule has 0 aliphatic heterocycles. The van der Waals surface area contributed by atoms with Crippen molar-refractivity contribution in [2.45, 2.75) is 20.8 Å². The van der Waals surface area contributed by atoms with Crippen LogP contribution in [-0.2, 0) is 0 Å². The number of fused-ring (bicyclic) bond motifs is 4. The van der Waals surface area contributed by atoms with Gasteiger partial charge in [-0.3, -0.25) is 0 Å². The number of rotatable bonds is 6. The first-order valence-electron chi connectivity index (χ1n) is 14.6. The maximum Gasteiger partial charge on any atom is 0.0546 e. The van der Waals surface area contributed by atoms with Crippen molar-refractivity contribution in [3.05, 3.63) is 173 Å².